The van der Waals surface area contributed by atoms with E-state index in [0.29, 0.717) is 29.4 Å². The third kappa shape index (κ3) is 3.92. The molecule has 0 amide bonds. The SMILES string of the molecule is CCc1ccc(/C=C2\Oc3c(ccc(OCc4ccc(F)cc4)c3C)C2=O)cc1. The van der Waals surface area contributed by atoms with Gasteiger partial charge in [-0.2, -0.15) is 0 Å². The van der Waals surface area contributed by atoms with Crippen molar-refractivity contribution in [1.82, 2.24) is 0 Å². The van der Waals surface area contributed by atoms with Crippen LogP contribution < -0.4 is 9.47 Å². The molecular weight excluding hydrogens is 367 g/mol. The van der Waals surface area contributed by atoms with E-state index in [9.17, 15) is 9.18 Å². The molecule has 0 saturated heterocycles. The molecule has 3 aromatic rings. The molecule has 29 heavy (non-hydrogen) atoms. The van der Waals surface area contributed by atoms with Crippen LogP contribution in [0.25, 0.3) is 6.08 Å². The Morgan fingerprint density at radius 2 is 1.66 bits per heavy atom. The van der Waals surface area contributed by atoms with E-state index in [-0.39, 0.29) is 11.6 Å². The quantitative estimate of drug-likeness (QED) is 0.511. The lowest BCUT2D eigenvalue weighted by Crippen LogP contribution is -1.98. The second kappa shape index (κ2) is 7.92. The molecule has 0 unspecified atom stereocenters. The molecule has 1 aliphatic rings. The van der Waals surface area contributed by atoms with Gasteiger partial charge in [0.1, 0.15) is 23.9 Å². The first-order chi connectivity index (χ1) is 14.0. The highest BCUT2D eigenvalue weighted by Gasteiger charge is 2.30. The first kappa shape index (κ1) is 18.9. The second-order valence-corrected chi connectivity index (χ2v) is 7.02. The molecule has 0 atom stereocenters. The van der Waals surface area contributed by atoms with Gasteiger partial charge in [-0.1, -0.05) is 43.3 Å². The normalized spacial score (nSPS) is 14.0. The van der Waals surface area contributed by atoms with Crippen molar-refractivity contribution >= 4 is 11.9 Å². The Morgan fingerprint density at radius 3 is 2.34 bits per heavy atom. The van der Waals surface area contributed by atoms with Crippen molar-refractivity contribution in [3.8, 4) is 11.5 Å². The molecule has 146 valence electrons. The fraction of sp³-hybridized carbons (Fsp3) is 0.160. The number of hydrogen-bond acceptors (Lipinski definition) is 3. The lowest BCUT2D eigenvalue weighted by Gasteiger charge is -2.11. The van der Waals surface area contributed by atoms with Crippen molar-refractivity contribution in [2.24, 2.45) is 0 Å². The van der Waals surface area contributed by atoms with Gasteiger partial charge in [-0.3, -0.25) is 4.79 Å². The van der Waals surface area contributed by atoms with Gasteiger partial charge >= 0.3 is 0 Å². The Bertz CT molecular complexity index is 1080. The molecule has 3 nitrogen and oxygen atoms in total. The first-order valence-corrected chi connectivity index (χ1v) is 9.59. The van der Waals surface area contributed by atoms with E-state index >= 15 is 0 Å². The molecule has 0 bridgehead atoms. The average Bonchev–Trinajstić information content (AvgIpc) is 3.06. The maximum Gasteiger partial charge on any atom is 0.231 e. The Hall–Kier alpha value is -3.40. The number of allylic oxidation sites excluding steroid dienone is 1. The molecule has 4 heteroatoms. The topological polar surface area (TPSA) is 35.5 Å². The maximum absolute atomic E-state index is 13.0. The van der Waals surface area contributed by atoms with E-state index < -0.39 is 0 Å². The number of carbonyl (C=O) groups excluding carboxylic acids is 1. The third-order valence-electron chi connectivity index (χ3n) is 5.03. The summed E-state index contributed by atoms with van der Waals surface area (Å²) in [6.07, 6.45) is 2.73. The predicted molar refractivity (Wildman–Crippen MR) is 111 cm³/mol. The number of hydrogen-bond donors (Lipinski definition) is 0. The first-order valence-electron chi connectivity index (χ1n) is 9.59. The summed E-state index contributed by atoms with van der Waals surface area (Å²) in [5.41, 5.74) is 4.33. The third-order valence-corrected chi connectivity index (χ3v) is 5.03. The summed E-state index contributed by atoms with van der Waals surface area (Å²) in [5.74, 6) is 1.06. The van der Waals surface area contributed by atoms with Gasteiger partial charge in [-0.05, 0) is 60.4 Å². The number of halogens is 1. The van der Waals surface area contributed by atoms with Crippen LogP contribution >= 0.6 is 0 Å². The van der Waals surface area contributed by atoms with Crippen molar-refractivity contribution in [2.45, 2.75) is 26.9 Å². The summed E-state index contributed by atoms with van der Waals surface area (Å²) in [5, 5.41) is 0. The van der Waals surface area contributed by atoms with E-state index in [1.807, 2.05) is 31.2 Å². The highest BCUT2D eigenvalue weighted by atomic mass is 19.1. The molecule has 4 rings (SSSR count). The smallest absolute Gasteiger partial charge is 0.231 e. The summed E-state index contributed by atoms with van der Waals surface area (Å²) in [6, 6.07) is 17.7. The summed E-state index contributed by atoms with van der Waals surface area (Å²) < 4.78 is 24.8. The molecule has 1 heterocycles. The monoisotopic (exact) mass is 388 g/mol. The van der Waals surface area contributed by atoms with Gasteiger partial charge in [0.05, 0.1) is 5.56 Å². The summed E-state index contributed by atoms with van der Waals surface area (Å²) in [4.78, 5) is 12.7. The summed E-state index contributed by atoms with van der Waals surface area (Å²) >= 11 is 0. The van der Waals surface area contributed by atoms with Crippen molar-refractivity contribution in [3.05, 3.63) is 100 Å². The maximum atomic E-state index is 13.0. The molecule has 0 radical (unpaired) electrons. The number of benzene rings is 3. The zero-order valence-corrected chi connectivity index (χ0v) is 16.4. The average molecular weight is 388 g/mol. The van der Waals surface area contributed by atoms with Gasteiger partial charge < -0.3 is 9.47 Å². The number of ether oxygens (including phenoxy) is 2. The molecule has 0 spiro atoms. The number of aryl methyl sites for hydroxylation is 1. The van der Waals surface area contributed by atoms with Crippen LogP contribution in [0.15, 0.2) is 66.4 Å². The van der Waals surface area contributed by atoms with Gasteiger partial charge in [-0.15, -0.1) is 0 Å². The minimum Gasteiger partial charge on any atom is -0.488 e. The van der Waals surface area contributed by atoms with Gasteiger partial charge in [0.2, 0.25) is 5.78 Å². The molecule has 1 aliphatic heterocycles. The van der Waals surface area contributed by atoms with Crippen LogP contribution in [0.1, 0.15) is 39.5 Å². The van der Waals surface area contributed by atoms with E-state index in [1.54, 1.807) is 30.3 Å². The van der Waals surface area contributed by atoms with Gasteiger partial charge in [0, 0.05) is 5.56 Å². The van der Waals surface area contributed by atoms with Crippen LogP contribution in [0.5, 0.6) is 11.5 Å². The van der Waals surface area contributed by atoms with Crippen LogP contribution in [-0.2, 0) is 13.0 Å². The largest absolute Gasteiger partial charge is 0.488 e. The number of Topliss-reactive ketones (excluding diaryl/α,β-unsaturated/α-hetero) is 1. The zero-order chi connectivity index (χ0) is 20.4. The lowest BCUT2D eigenvalue weighted by atomic mass is 10.0. The minimum absolute atomic E-state index is 0.132. The van der Waals surface area contributed by atoms with Gasteiger partial charge in [0.15, 0.2) is 5.76 Å². The second-order valence-electron chi connectivity index (χ2n) is 7.02. The van der Waals surface area contributed by atoms with Crippen LogP contribution in [-0.4, -0.2) is 5.78 Å². The molecular formula is C25H21FO3. The Labute approximate surface area is 169 Å². The fourth-order valence-electron chi connectivity index (χ4n) is 3.27. The van der Waals surface area contributed by atoms with Crippen LogP contribution in [0, 0.1) is 12.7 Å². The zero-order valence-electron chi connectivity index (χ0n) is 16.4. The number of carbonyl (C=O) groups is 1. The number of fused-ring (bicyclic) bond motifs is 1. The number of ketones is 1. The lowest BCUT2D eigenvalue weighted by molar-refractivity contribution is 0.101. The molecule has 0 aromatic heterocycles. The van der Waals surface area contributed by atoms with E-state index in [0.717, 1.165) is 23.1 Å². The summed E-state index contributed by atoms with van der Waals surface area (Å²) in [7, 11) is 0. The van der Waals surface area contributed by atoms with Crippen molar-refractivity contribution in [1.29, 1.82) is 0 Å². The Kier molecular flexibility index (Phi) is 5.17. The van der Waals surface area contributed by atoms with E-state index in [1.165, 1.54) is 17.7 Å². The fourth-order valence-corrected chi connectivity index (χ4v) is 3.27. The van der Waals surface area contributed by atoms with Crippen LogP contribution in [0.3, 0.4) is 0 Å². The Morgan fingerprint density at radius 1 is 0.966 bits per heavy atom. The number of rotatable bonds is 5. The van der Waals surface area contributed by atoms with Crippen molar-refractivity contribution < 1.29 is 18.7 Å². The molecule has 0 N–H and O–H groups in total. The summed E-state index contributed by atoms with van der Waals surface area (Å²) in [6.45, 7) is 4.28. The molecule has 3 aromatic carbocycles. The van der Waals surface area contributed by atoms with E-state index in [4.69, 9.17) is 9.47 Å². The Balaban J connectivity index is 1.54. The van der Waals surface area contributed by atoms with Crippen molar-refractivity contribution in [3.63, 3.8) is 0 Å². The molecule has 0 fully saturated rings. The van der Waals surface area contributed by atoms with Gasteiger partial charge in [-0.25, -0.2) is 4.39 Å². The van der Waals surface area contributed by atoms with Gasteiger partial charge in [0.25, 0.3) is 0 Å². The van der Waals surface area contributed by atoms with Crippen molar-refractivity contribution in [2.75, 3.05) is 0 Å². The standard InChI is InChI=1S/C25H21FO3/c1-3-17-4-6-18(7-5-17)14-23-24(27)21-12-13-22(16(2)25(21)29-23)28-15-19-8-10-20(26)11-9-19/h4-14H,3,15H2,1-2H3/b23-14-. The highest BCUT2D eigenvalue weighted by Crippen LogP contribution is 2.39. The van der Waals surface area contributed by atoms with Crippen LogP contribution in [0.4, 0.5) is 4.39 Å². The molecule has 0 aliphatic carbocycles. The highest BCUT2D eigenvalue weighted by molar-refractivity contribution is 6.14. The van der Waals surface area contributed by atoms with E-state index in [2.05, 4.69) is 6.92 Å². The molecule has 0 saturated carbocycles. The predicted octanol–water partition coefficient (Wildman–Crippen LogP) is 5.89. The van der Waals surface area contributed by atoms with Crippen LogP contribution in [0.2, 0.25) is 0 Å². The minimum atomic E-state index is -0.280.